The minimum absolute atomic E-state index is 0.140. The number of hydrogen-bond donors (Lipinski definition) is 0. The molecule has 174 valence electrons. The Morgan fingerprint density at radius 1 is 0.971 bits per heavy atom. The van der Waals surface area contributed by atoms with E-state index in [9.17, 15) is 0 Å². The Balaban J connectivity index is 1.67. The fourth-order valence-electron chi connectivity index (χ4n) is 4.13. The van der Waals surface area contributed by atoms with Crippen molar-refractivity contribution in [2.24, 2.45) is 4.99 Å². The van der Waals surface area contributed by atoms with Crippen LogP contribution < -0.4 is 14.4 Å². The Labute approximate surface area is 203 Å². The minimum atomic E-state index is 0.140. The second-order valence-corrected chi connectivity index (χ2v) is 9.11. The lowest BCUT2D eigenvalue weighted by atomic mass is 9.95. The van der Waals surface area contributed by atoms with Crippen molar-refractivity contribution in [3.8, 4) is 23.8 Å². The zero-order valence-corrected chi connectivity index (χ0v) is 20.4. The third-order valence-electron chi connectivity index (χ3n) is 5.78. The van der Waals surface area contributed by atoms with Gasteiger partial charge in [-0.05, 0) is 61.2 Å². The third-order valence-corrected chi connectivity index (χ3v) is 5.78. The van der Waals surface area contributed by atoms with Crippen LogP contribution in [-0.4, -0.2) is 25.1 Å². The van der Waals surface area contributed by atoms with E-state index in [1.807, 2.05) is 38.1 Å². The summed E-state index contributed by atoms with van der Waals surface area (Å²) in [5.74, 6) is 4.67. The second-order valence-electron chi connectivity index (χ2n) is 9.11. The van der Waals surface area contributed by atoms with Crippen LogP contribution in [0.25, 0.3) is 0 Å². The Hall–Kier alpha value is -3.71. The highest BCUT2D eigenvalue weighted by Crippen LogP contribution is 2.33. The zero-order chi connectivity index (χ0) is 24.1. The minimum Gasteiger partial charge on any atom is -0.491 e. The van der Waals surface area contributed by atoms with E-state index in [4.69, 9.17) is 20.9 Å². The van der Waals surface area contributed by atoms with Crippen molar-refractivity contribution in [1.82, 2.24) is 0 Å². The molecule has 1 heterocycles. The molecule has 1 aliphatic rings. The molecule has 1 aliphatic heterocycles. The van der Waals surface area contributed by atoms with Gasteiger partial charge in [-0.15, -0.1) is 6.42 Å². The Bertz CT molecular complexity index is 1200. The summed E-state index contributed by atoms with van der Waals surface area (Å²) in [5.41, 5.74) is 6.75. The number of terminal acetylenes is 1. The lowest BCUT2D eigenvalue weighted by Gasteiger charge is -2.31. The Morgan fingerprint density at radius 2 is 1.76 bits per heavy atom. The molecule has 34 heavy (non-hydrogen) atoms. The van der Waals surface area contributed by atoms with Crippen LogP contribution >= 0.6 is 0 Å². The first kappa shape index (κ1) is 23.4. The summed E-state index contributed by atoms with van der Waals surface area (Å²) in [6.45, 7) is 10.0. The van der Waals surface area contributed by atoms with E-state index in [0.29, 0.717) is 12.6 Å². The van der Waals surface area contributed by atoms with Crippen LogP contribution in [0.15, 0.2) is 71.7 Å². The Morgan fingerprint density at radius 3 is 2.47 bits per heavy atom. The van der Waals surface area contributed by atoms with Crippen LogP contribution in [-0.2, 0) is 6.54 Å². The van der Waals surface area contributed by atoms with Gasteiger partial charge in [0.1, 0.15) is 24.8 Å². The molecule has 0 atom stereocenters. The van der Waals surface area contributed by atoms with Gasteiger partial charge in [0.25, 0.3) is 0 Å². The van der Waals surface area contributed by atoms with Crippen LogP contribution in [0.2, 0.25) is 0 Å². The van der Waals surface area contributed by atoms with E-state index in [2.05, 4.69) is 67.1 Å². The normalized spacial score (nSPS) is 12.9. The summed E-state index contributed by atoms with van der Waals surface area (Å²) in [6, 6.07) is 23.1. The summed E-state index contributed by atoms with van der Waals surface area (Å²) >= 11 is 0. The average molecular weight is 453 g/mol. The highest BCUT2D eigenvalue weighted by Gasteiger charge is 2.22. The summed E-state index contributed by atoms with van der Waals surface area (Å²) in [5, 5.41) is 0. The predicted molar refractivity (Wildman–Crippen MR) is 140 cm³/mol. The molecular formula is C30H32N2O2. The van der Waals surface area contributed by atoms with Gasteiger partial charge >= 0.3 is 0 Å². The number of benzene rings is 3. The van der Waals surface area contributed by atoms with Crippen molar-refractivity contribution in [2.45, 2.75) is 46.3 Å². The molecule has 0 saturated heterocycles. The van der Waals surface area contributed by atoms with Gasteiger partial charge in [-0.1, -0.05) is 56.2 Å². The number of hydrogen-bond acceptors (Lipinski definition) is 4. The fraction of sp³-hybridized carbons (Fsp3) is 0.300. The molecule has 0 fully saturated rings. The van der Waals surface area contributed by atoms with Crippen LogP contribution in [0.3, 0.4) is 0 Å². The van der Waals surface area contributed by atoms with Crippen molar-refractivity contribution in [1.29, 1.82) is 0 Å². The maximum atomic E-state index is 5.89. The molecule has 3 aromatic rings. The molecule has 4 nitrogen and oxygen atoms in total. The first-order valence-electron chi connectivity index (χ1n) is 11.8. The van der Waals surface area contributed by atoms with Gasteiger partial charge in [-0.3, -0.25) is 4.99 Å². The van der Waals surface area contributed by atoms with Gasteiger partial charge in [-0.25, -0.2) is 0 Å². The maximum absolute atomic E-state index is 5.89. The average Bonchev–Trinajstić information content (AvgIpc) is 2.82. The van der Waals surface area contributed by atoms with E-state index in [1.54, 1.807) is 0 Å². The Kier molecular flexibility index (Phi) is 7.23. The number of aliphatic imine (C=N–C) groups is 1. The summed E-state index contributed by atoms with van der Waals surface area (Å²) < 4.78 is 11.6. The van der Waals surface area contributed by atoms with Crippen molar-refractivity contribution >= 4 is 11.4 Å². The molecule has 4 heteroatoms. The molecule has 0 saturated carbocycles. The quantitative estimate of drug-likeness (QED) is 0.370. The van der Waals surface area contributed by atoms with Crippen LogP contribution in [0.5, 0.6) is 11.5 Å². The lowest BCUT2D eigenvalue weighted by molar-refractivity contribution is 0.242. The van der Waals surface area contributed by atoms with Crippen molar-refractivity contribution < 1.29 is 9.47 Å². The van der Waals surface area contributed by atoms with Gasteiger partial charge in [-0.2, -0.15) is 0 Å². The predicted octanol–water partition coefficient (Wildman–Crippen LogP) is 6.42. The molecule has 0 spiro atoms. The number of fused-ring (bicyclic) bond motifs is 1. The van der Waals surface area contributed by atoms with Crippen LogP contribution in [0.4, 0.5) is 5.69 Å². The molecule has 0 aromatic heterocycles. The van der Waals surface area contributed by atoms with E-state index < -0.39 is 0 Å². The largest absolute Gasteiger partial charge is 0.491 e. The molecular weight excluding hydrogens is 420 g/mol. The number of rotatable bonds is 8. The number of anilines is 1. The molecule has 0 amide bonds. The van der Waals surface area contributed by atoms with Gasteiger partial charge in [0.05, 0.1) is 11.8 Å². The van der Waals surface area contributed by atoms with Gasteiger partial charge < -0.3 is 14.4 Å². The summed E-state index contributed by atoms with van der Waals surface area (Å²) in [7, 11) is 0. The standard InChI is InChI=1S/C30H32N2O2/c1-6-16-33-26-14-15-29-28(18-26)30(25-12-10-24(11-13-25)21(2)3)31-20-32(29)19-23-8-7-9-27(17-23)34-22(4)5/h1,7-15,17-18,21-22H,16,19-20H2,2-5H3. The first-order chi connectivity index (χ1) is 16.4. The van der Waals surface area contributed by atoms with Crippen molar-refractivity contribution in [3.63, 3.8) is 0 Å². The monoisotopic (exact) mass is 452 g/mol. The molecule has 0 N–H and O–H groups in total. The first-order valence-corrected chi connectivity index (χ1v) is 11.8. The third kappa shape index (κ3) is 5.43. The van der Waals surface area contributed by atoms with E-state index >= 15 is 0 Å². The maximum Gasteiger partial charge on any atom is 0.148 e. The molecule has 0 aliphatic carbocycles. The van der Waals surface area contributed by atoms with Crippen LogP contribution in [0, 0.1) is 12.3 Å². The smallest absolute Gasteiger partial charge is 0.148 e. The second kappa shape index (κ2) is 10.5. The fourth-order valence-corrected chi connectivity index (χ4v) is 4.13. The van der Waals surface area contributed by atoms with Gasteiger partial charge in [0.15, 0.2) is 0 Å². The lowest BCUT2D eigenvalue weighted by Crippen LogP contribution is -2.30. The SMILES string of the molecule is C#CCOc1ccc2c(c1)C(c1ccc(C(C)C)cc1)=NCN2Cc1cccc(OC(C)C)c1. The van der Waals surface area contributed by atoms with E-state index in [0.717, 1.165) is 40.6 Å². The summed E-state index contributed by atoms with van der Waals surface area (Å²) in [4.78, 5) is 7.28. The topological polar surface area (TPSA) is 34.1 Å². The van der Waals surface area contributed by atoms with E-state index in [1.165, 1.54) is 11.1 Å². The molecule has 0 unspecified atom stereocenters. The van der Waals surface area contributed by atoms with E-state index in [-0.39, 0.29) is 12.7 Å². The number of ether oxygens (including phenoxy) is 2. The van der Waals surface area contributed by atoms with Gasteiger partial charge in [0.2, 0.25) is 0 Å². The highest BCUT2D eigenvalue weighted by molar-refractivity contribution is 6.17. The highest BCUT2D eigenvalue weighted by atomic mass is 16.5. The molecule has 3 aromatic carbocycles. The molecule has 4 rings (SSSR count). The van der Waals surface area contributed by atoms with Crippen molar-refractivity contribution in [2.75, 3.05) is 18.2 Å². The zero-order valence-electron chi connectivity index (χ0n) is 20.4. The molecule has 0 bridgehead atoms. The number of nitrogens with zero attached hydrogens (tertiary/aromatic N) is 2. The van der Waals surface area contributed by atoms with Crippen molar-refractivity contribution in [3.05, 3.63) is 89.0 Å². The van der Waals surface area contributed by atoms with Gasteiger partial charge in [0, 0.05) is 23.4 Å². The molecule has 0 radical (unpaired) electrons. The summed E-state index contributed by atoms with van der Waals surface area (Å²) in [6.07, 6.45) is 5.54. The van der Waals surface area contributed by atoms with Crippen LogP contribution in [0.1, 0.15) is 55.9 Å².